The Morgan fingerprint density at radius 2 is 1.95 bits per heavy atom. The van der Waals surface area contributed by atoms with Gasteiger partial charge in [0.2, 0.25) is 0 Å². The lowest BCUT2D eigenvalue weighted by molar-refractivity contribution is 0.0697. The minimum absolute atomic E-state index is 0.352. The van der Waals surface area contributed by atoms with Crippen LogP contribution in [0.1, 0.15) is 21.5 Å². The lowest BCUT2D eigenvalue weighted by Gasteiger charge is -2.14. The molecule has 1 aliphatic rings. The van der Waals surface area contributed by atoms with Crippen molar-refractivity contribution in [1.29, 1.82) is 0 Å². The SMILES string of the molecule is O=C(O)c1ccc2c(c1)CN(c1snc3ccccc13)C2. The number of hydrogen-bond acceptors (Lipinski definition) is 4. The van der Waals surface area contributed by atoms with E-state index < -0.39 is 5.97 Å². The molecule has 3 aromatic rings. The van der Waals surface area contributed by atoms with E-state index in [0.29, 0.717) is 5.56 Å². The van der Waals surface area contributed by atoms with Gasteiger partial charge in [-0.3, -0.25) is 0 Å². The number of carbonyl (C=O) groups is 1. The Hall–Kier alpha value is -2.40. The Morgan fingerprint density at radius 3 is 2.81 bits per heavy atom. The first-order valence-corrected chi connectivity index (χ1v) is 7.44. The number of aromatic carboxylic acids is 1. The molecule has 0 unspecified atom stereocenters. The molecule has 4 rings (SSSR count). The molecule has 0 aliphatic carbocycles. The zero-order valence-electron chi connectivity index (χ0n) is 11.1. The number of nitrogens with zero attached hydrogens (tertiary/aromatic N) is 2. The molecule has 0 saturated carbocycles. The molecular weight excluding hydrogens is 284 g/mol. The number of carboxylic acid groups (broad SMARTS) is 1. The summed E-state index contributed by atoms with van der Waals surface area (Å²) in [6, 6.07) is 13.5. The second-order valence-corrected chi connectivity index (χ2v) is 5.90. The van der Waals surface area contributed by atoms with Crippen molar-refractivity contribution in [3.63, 3.8) is 0 Å². The molecule has 0 fully saturated rings. The molecule has 2 heterocycles. The molecule has 0 bridgehead atoms. The van der Waals surface area contributed by atoms with Crippen molar-refractivity contribution in [3.05, 3.63) is 59.2 Å². The fourth-order valence-corrected chi connectivity index (χ4v) is 3.63. The third kappa shape index (κ3) is 1.97. The molecule has 21 heavy (non-hydrogen) atoms. The van der Waals surface area contributed by atoms with E-state index in [2.05, 4.69) is 15.3 Å². The maximum atomic E-state index is 11.1. The van der Waals surface area contributed by atoms with Gasteiger partial charge >= 0.3 is 5.97 Å². The smallest absolute Gasteiger partial charge is 0.335 e. The Labute approximate surface area is 125 Å². The predicted molar refractivity (Wildman–Crippen MR) is 82.9 cm³/mol. The van der Waals surface area contributed by atoms with Crippen molar-refractivity contribution >= 4 is 33.4 Å². The van der Waals surface area contributed by atoms with Gasteiger partial charge in [0.1, 0.15) is 5.00 Å². The first-order chi connectivity index (χ1) is 10.2. The van der Waals surface area contributed by atoms with Crippen LogP contribution in [0.2, 0.25) is 0 Å². The van der Waals surface area contributed by atoms with E-state index in [-0.39, 0.29) is 0 Å². The van der Waals surface area contributed by atoms with E-state index in [1.165, 1.54) is 17.1 Å². The van der Waals surface area contributed by atoms with Gasteiger partial charge in [-0.15, -0.1) is 0 Å². The van der Waals surface area contributed by atoms with Gasteiger partial charge in [0.05, 0.1) is 11.1 Å². The number of benzene rings is 2. The number of aromatic nitrogens is 1. The summed E-state index contributed by atoms with van der Waals surface area (Å²) in [5.41, 5.74) is 3.65. The summed E-state index contributed by atoms with van der Waals surface area (Å²) < 4.78 is 4.48. The quantitative estimate of drug-likeness (QED) is 0.786. The summed E-state index contributed by atoms with van der Waals surface area (Å²) in [4.78, 5) is 13.3. The van der Waals surface area contributed by atoms with Crippen LogP contribution in [0.3, 0.4) is 0 Å². The van der Waals surface area contributed by atoms with Crippen molar-refractivity contribution in [3.8, 4) is 0 Å². The zero-order chi connectivity index (χ0) is 14.4. The first-order valence-electron chi connectivity index (χ1n) is 6.67. The van der Waals surface area contributed by atoms with E-state index in [0.717, 1.165) is 34.6 Å². The lowest BCUT2D eigenvalue weighted by atomic mass is 10.1. The molecule has 0 saturated heterocycles. The third-order valence-electron chi connectivity index (χ3n) is 3.83. The maximum Gasteiger partial charge on any atom is 0.335 e. The van der Waals surface area contributed by atoms with Gasteiger partial charge in [-0.25, -0.2) is 4.79 Å². The van der Waals surface area contributed by atoms with Crippen LogP contribution in [-0.2, 0) is 13.1 Å². The Balaban J connectivity index is 1.72. The molecule has 0 atom stereocenters. The Morgan fingerprint density at radius 1 is 1.14 bits per heavy atom. The van der Waals surface area contributed by atoms with Gasteiger partial charge in [0, 0.05) is 18.5 Å². The molecule has 0 amide bonds. The normalized spacial score (nSPS) is 13.6. The molecule has 1 N–H and O–H groups in total. The van der Waals surface area contributed by atoms with E-state index in [4.69, 9.17) is 5.11 Å². The molecule has 1 aliphatic heterocycles. The molecule has 4 nitrogen and oxygen atoms in total. The van der Waals surface area contributed by atoms with Gasteiger partial charge in [-0.2, -0.15) is 4.37 Å². The highest BCUT2D eigenvalue weighted by Crippen LogP contribution is 2.36. The number of anilines is 1. The maximum absolute atomic E-state index is 11.1. The molecule has 0 spiro atoms. The number of fused-ring (bicyclic) bond motifs is 2. The van der Waals surface area contributed by atoms with Crippen molar-refractivity contribution in [2.75, 3.05) is 4.90 Å². The summed E-state index contributed by atoms with van der Waals surface area (Å²) in [5, 5.41) is 11.4. The highest BCUT2D eigenvalue weighted by molar-refractivity contribution is 7.11. The summed E-state index contributed by atoms with van der Waals surface area (Å²) >= 11 is 1.50. The van der Waals surface area contributed by atoms with Crippen LogP contribution >= 0.6 is 11.5 Å². The summed E-state index contributed by atoms with van der Waals surface area (Å²) in [7, 11) is 0. The Kier molecular flexibility index (Phi) is 2.68. The van der Waals surface area contributed by atoms with Crippen molar-refractivity contribution in [1.82, 2.24) is 4.37 Å². The Bertz CT molecular complexity index is 856. The molecule has 1 aromatic heterocycles. The fraction of sp³-hybridized carbons (Fsp3) is 0.125. The highest BCUT2D eigenvalue weighted by atomic mass is 32.1. The summed E-state index contributed by atoms with van der Waals surface area (Å²) in [6.07, 6.45) is 0. The minimum atomic E-state index is -0.875. The molecule has 104 valence electrons. The largest absolute Gasteiger partial charge is 0.478 e. The molecule has 5 heteroatoms. The van der Waals surface area contributed by atoms with Crippen LogP contribution in [0.5, 0.6) is 0 Å². The van der Waals surface area contributed by atoms with Crippen LogP contribution in [-0.4, -0.2) is 15.4 Å². The first kappa shape index (κ1) is 12.3. The predicted octanol–water partition coefficient (Wildman–Crippen LogP) is 3.51. The van der Waals surface area contributed by atoms with Crippen LogP contribution in [0.4, 0.5) is 5.00 Å². The number of rotatable bonds is 2. The van der Waals surface area contributed by atoms with Crippen molar-refractivity contribution in [2.45, 2.75) is 13.1 Å². The summed E-state index contributed by atoms with van der Waals surface area (Å²) in [6.45, 7) is 1.55. The zero-order valence-corrected chi connectivity index (χ0v) is 11.9. The van der Waals surface area contributed by atoms with Crippen LogP contribution in [0, 0.1) is 0 Å². The van der Waals surface area contributed by atoms with Crippen LogP contribution in [0.25, 0.3) is 10.9 Å². The topological polar surface area (TPSA) is 53.4 Å². The molecule has 2 aromatic carbocycles. The van der Waals surface area contributed by atoms with Crippen molar-refractivity contribution < 1.29 is 9.90 Å². The van der Waals surface area contributed by atoms with Gasteiger partial charge in [0.15, 0.2) is 0 Å². The molecular formula is C16H12N2O2S. The molecule has 0 radical (unpaired) electrons. The number of carboxylic acids is 1. The van der Waals surface area contributed by atoms with Gasteiger partial charge in [-0.1, -0.05) is 18.2 Å². The monoisotopic (exact) mass is 296 g/mol. The van der Waals surface area contributed by atoms with Gasteiger partial charge in [0.25, 0.3) is 0 Å². The fourth-order valence-electron chi connectivity index (χ4n) is 2.77. The van der Waals surface area contributed by atoms with E-state index in [9.17, 15) is 4.79 Å². The minimum Gasteiger partial charge on any atom is -0.478 e. The lowest BCUT2D eigenvalue weighted by Crippen LogP contribution is -2.13. The van der Waals surface area contributed by atoms with Crippen LogP contribution < -0.4 is 4.90 Å². The van der Waals surface area contributed by atoms with Crippen LogP contribution in [0.15, 0.2) is 42.5 Å². The van der Waals surface area contributed by atoms with E-state index >= 15 is 0 Å². The van der Waals surface area contributed by atoms with Gasteiger partial charge < -0.3 is 10.0 Å². The third-order valence-corrected chi connectivity index (χ3v) is 4.77. The second kappa shape index (κ2) is 4.56. The summed E-state index contributed by atoms with van der Waals surface area (Å²) in [5.74, 6) is -0.875. The average molecular weight is 296 g/mol. The standard InChI is InChI=1S/C16H12N2O2S/c19-16(20)10-5-6-11-8-18(9-12(11)7-10)15-13-3-1-2-4-14(13)17-21-15/h1-7H,8-9H2,(H,19,20). The van der Waals surface area contributed by atoms with Crippen molar-refractivity contribution in [2.24, 2.45) is 0 Å². The highest BCUT2D eigenvalue weighted by Gasteiger charge is 2.23. The van der Waals surface area contributed by atoms with E-state index in [1.807, 2.05) is 24.3 Å². The second-order valence-electron chi connectivity index (χ2n) is 5.15. The van der Waals surface area contributed by atoms with E-state index in [1.54, 1.807) is 12.1 Å². The average Bonchev–Trinajstić information content (AvgIpc) is 3.09. The van der Waals surface area contributed by atoms with Gasteiger partial charge in [-0.05, 0) is 46.9 Å². The number of hydrogen-bond donors (Lipinski definition) is 1.